The zero-order chi connectivity index (χ0) is 25.0. The second-order valence-electron chi connectivity index (χ2n) is 8.86. The van der Waals surface area contributed by atoms with Crippen LogP contribution in [-0.2, 0) is 10.0 Å². The van der Waals surface area contributed by atoms with Gasteiger partial charge >= 0.3 is 0 Å². The van der Waals surface area contributed by atoms with Crippen LogP contribution in [0.25, 0.3) is 10.9 Å². The second-order valence-corrected chi connectivity index (χ2v) is 10.8. The minimum Gasteiger partial charge on any atom is -0.495 e. The quantitative estimate of drug-likeness (QED) is 0.423. The van der Waals surface area contributed by atoms with Crippen LogP contribution in [0.15, 0.2) is 53.6 Å². The lowest BCUT2D eigenvalue weighted by Crippen LogP contribution is -2.39. The topological polar surface area (TPSA) is 82.7 Å². The molecule has 0 fully saturated rings. The molecule has 2 aromatic carbocycles. The number of hydrogen-bond acceptors (Lipinski definition) is 4. The van der Waals surface area contributed by atoms with Crippen molar-refractivity contribution in [3.8, 4) is 5.75 Å². The normalized spacial score (nSPS) is 12.9. The summed E-state index contributed by atoms with van der Waals surface area (Å²) in [5, 5.41) is 1.01. The number of amides is 1. The highest BCUT2D eigenvalue weighted by molar-refractivity contribution is 7.89. The number of fused-ring (bicyclic) bond motifs is 1. The van der Waals surface area contributed by atoms with E-state index in [-0.39, 0.29) is 22.6 Å². The van der Waals surface area contributed by atoms with Crippen molar-refractivity contribution >= 4 is 32.5 Å². The van der Waals surface area contributed by atoms with Crippen molar-refractivity contribution < 1.29 is 17.9 Å². The lowest BCUT2D eigenvalue weighted by atomic mass is 10.0. The van der Waals surface area contributed by atoms with E-state index in [1.807, 2.05) is 37.4 Å². The lowest BCUT2D eigenvalue weighted by molar-refractivity contribution is 0.0975. The first-order valence-electron chi connectivity index (χ1n) is 11.7. The summed E-state index contributed by atoms with van der Waals surface area (Å²) in [7, 11) is -2.39. The number of aromatic amines is 1. The number of sulfonamides is 1. The van der Waals surface area contributed by atoms with Gasteiger partial charge < -0.3 is 14.6 Å². The Morgan fingerprint density at radius 1 is 1.03 bits per heavy atom. The summed E-state index contributed by atoms with van der Waals surface area (Å²) in [6.07, 6.45) is 2.67. The standard InChI is InChI=1S/C26H35N3O4S/c1-7-28(8-2)34(31,32)25-17-21(9-12-24(25)33-6)26(30)29(19(5)15-18(3)4)22-10-11-23-20(16-22)13-14-27-23/h9-14,16-19,27H,7-8,15H2,1-6H3. The molecule has 184 valence electrons. The van der Waals surface area contributed by atoms with E-state index in [1.54, 1.807) is 30.9 Å². The third kappa shape index (κ3) is 5.13. The number of methoxy groups -OCH3 is 1. The number of carbonyl (C=O) groups is 1. The molecule has 1 unspecified atom stereocenters. The van der Waals surface area contributed by atoms with Gasteiger partial charge in [0.15, 0.2) is 0 Å². The summed E-state index contributed by atoms with van der Waals surface area (Å²) >= 11 is 0. The Balaban J connectivity index is 2.12. The maximum absolute atomic E-state index is 13.9. The molecule has 3 aromatic rings. The van der Waals surface area contributed by atoms with Crippen LogP contribution in [0.3, 0.4) is 0 Å². The van der Waals surface area contributed by atoms with Gasteiger partial charge in [-0.3, -0.25) is 4.79 Å². The summed E-state index contributed by atoms with van der Waals surface area (Å²) < 4.78 is 33.3. The number of H-pyrrole nitrogens is 1. The molecule has 1 heterocycles. The van der Waals surface area contributed by atoms with Crippen LogP contribution in [-0.4, -0.2) is 49.9 Å². The Bertz CT molecular complexity index is 1250. The van der Waals surface area contributed by atoms with Crippen LogP contribution >= 0.6 is 0 Å². The van der Waals surface area contributed by atoms with Crippen LogP contribution in [0.1, 0.15) is 51.4 Å². The number of anilines is 1. The molecule has 8 heteroatoms. The molecule has 3 rings (SSSR count). The Morgan fingerprint density at radius 3 is 2.35 bits per heavy atom. The van der Waals surface area contributed by atoms with Crippen LogP contribution in [0.5, 0.6) is 5.75 Å². The predicted molar refractivity (Wildman–Crippen MR) is 137 cm³/mol. The van der Waals surface area contributed by atoms with Gasteiger partial charge in [-0.1, -0.05) is 27.7 Å². The minimum atomic E-state index is -3.82. The summed E-state index contributed by atoms with van der Waals surface area (Å²) in [6, 6.07) is 12.4. The summed E-state index contributed by atoms with van der Waals surface area (Å²) in [5.41, 5.74) is 2.07. The van der Waals surface area contributed by atoms with Crippen LogP contribution in [0, 0.1) is 5.92 Å². The van der Waals surface area contributed by atoms with E-state index in [9.17, 15) is 13.2 Å². The number of carbonyl (C=O) groups excluding carboxylic acids is 1. The molecule has 0 spiro atoms. The Hall–Kier alpha value is -2.84. The average molecular weight is 486 g/mol. The molecular weight excluding hydrogens is 450 g/mol. The zero-order valence-electron chi connectivity index (χ0n) is 20.8. The molecule has 0 saturated carbocycles. The van der Waals surface area contributed by atoms with E-state index >= 15 is 0 Å². The van der Waals surface area contributed by atoms with Gasteiger partial charge in [0, 0.05) is 47.5 Å². The smallest absolute Gasteiger partial charge is 0.258 e. The van der Waals surface area contributed by atoms with E-state index in [0.717, 1.165) is 23.0 Å². The average Bonchev–Trinajstić information content (AvgIpc) is 3.27. The van der Waals surface area contributed by atoms with Crippen molar-refractivity contribution in [1.82, 2.24) is 9.29 Å². The fourth-order valence-corrected chi connectivity index (χ4v) is 6.04. The second kappa shape index (κ2) is 10.6. The Labute approximate surface area is 202 Å². The van der Waals surface area contributed by atoms with Gasteiger partial charge in [0.2, 0.25) is 10.0 Å². The fraction of sp³-hybridized carbons (Fsp3) is 0.423. The first kappa shape index (κ1) is 25.8. The first-order chi connectivity index (χ1) is 16.1. The van der Waals surface area contributed by atoms with E-state index in [1.165, 1.54) is 17.5 Å². The highest BCUT2D eigenvalue weighted by Gasteiger charge is 2.29. The number of aromatic nitrogens is 1. The van der Waals surface area contributed by atoms with Crippen molar-refractivity contribution in [3.05, 3.63) is 54.2 Å². The zero-order valence-corrected chi connectivity index (χ0v) is 21.6. The molecule has 1 N–H and O–H groups in total. The van der Waals surface area contributed by atoms with Crippen LogP contribution in [0.2, 0.25) is 0 Å². The molecule has 1 atom stereocenters. The summed E-state index contributed by atoms with van der Waals surface area (Å²) in [5.74, 6) is 0.358. The van der Waals surface area contributed by atoms with Gasteiger partial charge in [-0.15, -0.1) is 0 Å². The number of nitrogens with zero attached hydrogens (tertiary/aromatic N) is 2. The molecule has 34 heavy (non-hydrogen) atoms. The maximum Gasteiger partial charge on any atom is 0.258 e. The summed E-state index contributed by atoms with van der Waals surface area (Å²) in [4.78, 5) is 18.8. The van der Waals surface area contributed by atoms with E-state index < -0.39 is 10.0 Å². The third-order valence-corrected chi connectivity index (χ3v) is 8.09. The molecule has 1 aromatic heterocycles. The van der Waals surface area contributed by atoms with E-state index in [0.29, 0.717) is 24.6 Å². The number of hydrogen-bond donors (Lipinski definition) is 1. The molecule has 7 nitrogen and oxygen atoms in total. The van der Waals surface area contributed by atoms with Gasteiger partial charge in [0.25, 0.3) is 5.91 Å². The highest BCUT2D eigenvalue weighted by Crippen LogP contribution is 2.31. The van der Waals surface area contributed by atoms with Crippen molar-refractivity contribution in [1.29, 1.82) is 0 Å². The van der Waals surface area contributed by atoms with Gasteiger partial charge in [-0.2, -0.15) is 4.31 Å². The monoisotopic (exact) mass is 485 g/mol. The maximum atomic E-state index is 13.9. The van der Waals surface area contributed by atoms with Crippen molar-refractivity contribution in [2.24, 2.45) is 5.92 Å². The van der Waals surface area contributed by atoms with Crippen molar-refractivity contribution in [3.63, 3.8) is 0 Å². The predicted octanol–water partition coefficient (Wildman–Crippen LogP) is 5.29. The van der Waals surface area contributed by atoms with E-state index in [2.05, 4.69) is 18.8 Å². The molecule has 0 saturated heterocycles. The van der Waals surface area contributed by atoms with Crippen LogP contribution in [0.4, 0.5) is 5.69 Å². The fourth-order valence-electron chi connectivity index (χ4n) is 4.40. The number of rotatable bonds is 10. The van der Waals surface area contributed by atoms with Crippen LogP contribution < -0.4 is 9.64 Å². The SMILES string of the molecule is CCN(CC)S(=O)(=O)c1cc(C(=O)N(c2ccc3[nH]ccc3c2)C(C)CC(C)C)ccc1OC. The first-order valence-corrected chi connectivity index (χ1v) is 13.2. The largest absolute Gasteiger partial charge is 0.495 e. The number of nitrogens with one attached hydrogen (secondary N) is 1. The number of ether oxygens (including phenoxy) is 1. The summed E-state index contributed by atoms with van der Waals surface area (Å²) in [6.45, 7) is 10.5. The van der Waals surface area contributed by atoms with Crippen molar-refractivity contribution in [2.45, 2.75) is 52.0 Å². The van der Waals surface area contributed by atoms with Gasteiger partial charge in [-0.25, -0.2) is 8.42 Å². The molecule has 0 aliphatic rings. The molecule has 0 bridgehead atoms. The molecule has 1 amide bonds. The van der Waals surface area contributed by atoms with E-state index in [4.69, 9.17) is 4.74 Å². The van der Waals surface area contributed by atoms with Gasteiger partial charge in [0.05, 0.1) is 7.11 Å². The highest BCUT2D eigenvalue weighted by atomic mass is 32.2. The van der Waals surface area contributed by atoms with Crippen molar-refractivity contribution in [2.75, 3.05) is 25.1 Å². The molecule has 0 aliphatic heterocycles. The molecule has 0 radical (unpaired) electrons. The number of benzene rings is 2. The minimum absolute atomic E-state index is 0.00194. The Morgan fingerprint density at radius 2 is 1.74 bits per heavy atom. The third-order valence-electron chi connectivity index (χ3n) is 6.02. The molecule has 0 aliphatic carbocycles. The van der Waals surface area contributed by atoms with Gasteiger partial charge in [0.1, 0.15) is 10.6 Å². The van der Waals surface area contributed by atoms with Gasteiger partial charge in [-0.05, 0) is 61.7 Å². The lowest BCUT2D eigenvalue weighted by Gasteiger charge is -2.31. The molecular formula is C26H35N3O4S. The Kier molecular flexibility index (Phi) is 8.05.